The van der Waals surface area contributed by atoms with Gasteiger partial charge in [0.15, 0.2) is 0 Å². The fourth-order valence-electron chi connectivity index (χ4n) is 1.31. The Hall–Kier alpha value is -0.570. The van der Waals surface area contributed by atoms with Gasteiger partial charge < -0.3 is 10.4 Å². The van der Waals surface area contributed by atoms with Gasteiger partial charge in [-0.15, -0.1) is 0 Å². The molecule has 0 unspecified atom stereocenters. The van der Waals surface area contributed by atoms with E-state index in [4.69, 9.17) is 0 Å². The highest BCUT2D eigenvalue weighted by molar-refractivity contribution is 5.78. The Morgan fingerprint density at radius 2 is 2.08 bits per heavy atom. The van der Waals surface area contributed by atoms with Gasteiger partial charge in [-0.2, -0.15) is 0 Å². The average molecular weight is 173 g/mol. The van der Waals surface area contributed by atoms with E-state index in [-0.39, 0.29) is 11.8 Å². The summed E-state index contributed by atoms with van der Waals surface area (Å²) >= 11 is 0. The molecule has 0 saturated carbocycles. The van der Waals surface area contributed by atoms with Crippen LogP contribution in [0.1, 0.15) is 33.1 Å². The second-order valence-electron chi connectivity index (χ2n) is 2.99. The summed E-state index contributed by atoms with van der Waals surface area (Å²) in [4.78, 5) is 11.2. The van der Waals surface area contributed by atoms with Gasteiger partial charge in [-0.25, -0.2) is 0 Å². The Kier molecular flexibility index (Phi) is 5.72. The highest BCUT2D eigenvalue weighted by atomic mass is 16.3. The van der Waals surface area contributed by atoms with Crippen LogP contribution >= 0.6 is 0 Å². The number of hydrogen-bond donors (Lipinski definition) is 2. The van der Waals surface area contributed by atoms with Crippen molar-refractivity contribution in [3.8, 4) is 0 Å². The van der Waals surface area contributed by atoms with E-state index in [2.05, 4.69) is 5.32 Å². The number of aliphatic hydroxyl groups is 1. The van der Waals surface area contributed by atoms with Crippen LogP contribution in [0.2, 0.25) is 0 Å². The summed E-state index contributed by atoms with van der Waals surface area (Å²) < 4.78 is 0. The fourth-order valence-corrected chi connectivity index (χ4v) is 1.31. The third-order valence-electron chi connectivity index (χ3n) is 2.07. The van der Waals surface area contributed by atoms with Crippen molar-refractivity contribution in [3.63, 3.8) is 0 Å². The van der Waals surface area contributed by atoms with Gasteiger partial charge in [0.2, 0.25) is 5.91 Å². The van der Waals surface area contributed by atoms with Crippen LogP contribution in [0.5, 0.6) is 0 Å². The summed E-state index contributed by atoms with van der Waals surface area (Å²) in [5, 5.41) is 12.1. The standard InChI is InChI=1S/C9H19NO2/c1-4-6-8(11)7(5-2)9(12)10-3/h7-8,11H,4-6H2,1-3H3,(H,10,12)/t7-,8-/m1/s1. The Labute approximate surface area is 74.2 Å². The molecule has 0 aromatic rings. The molecule has 3 nitrogen and oxygen atoms in total. The van der Waals surface area contributed by atoms with Crippen molar-refractivity contribution in [2.75, 3.05) is 7.05 Å². The molecule has 0 aliphatic rings. The Bertz CT molecular complexity index is 136. The van der Waals surface area contributed by atoms with Gasteiger partial charge in [0, 0.05) is 7.05 Å². The molecule has 0 spiro atoms. The van der Waals surface area contributed by atoms with Crippen LogP contribution in [0.25, 0.3) is 0 Å². The van der Waals surface area contributed by atoms with Crippen molar-refractivity contribution in [3.05, 3.63) is 0 Å². The van der Waals surface area contributed by atoms with Gasteiger partial charge >= 0.3 is 0 Å². The van der Waals surface area contributed by atoms with Crippen LogP contribution in [0.3, 0.4) is 0 Å². The zero-order valence-corrected chi connectivity index (χ0v) is 8.13. The summed E-state index contributed by atoms with van der Waals surface area (Å²) in [7, 11) is 1.60. The van der Waals surface area contributed by atoms with E-state index in [0.29, 0.717) is 12.8 Å². The highest BCUT2D eigenvalue weighted by Gasteiger charge is 2.22. The van der Waals surface area contributed by atoms with Gasteiger partial charge in [0.25, 0.3) is 0 Å². The molecule has 3 heteroatoms. The Morgan fingerprint density at radius 3 is 2.42 bits per heavy atom. The number of nitrogens with one attached hydrogen (secondary N) is 1. The number of rotatable bonds is 5. The van der Waals surface area contributed by atoms with Crippen LogP contribution in [0.4, 0.5) is 0 Å². The van der Waals surface area contributed by atoms with Crippen LogP contribution in [0.15, 0.2) is 0 Å². The van der Waals surface area contributed by atoms with Gasteiger partial charge in [-0.05, 0) is 12.8 Å². The molecule has 12 heavy (non-hydrogen) atoms. The lowest BCUT2D eigenvalue weighted by Crippen LogP contribution is -2.35. The van der Waals surface area contributed by atoms with Crippen molar-refractivity contribution in [2.24, 2.45) is 5.92 Å². The molecule has 0 aliphatic heterocycles. The van der Waals surface area contributed by atoms with E-state index < -0.39 is 6.10 Å². The van der Waals surface area contributed by atoms with E-state index in [1.54, 1.807) is 7.05 Å². The second-order valence-corrected chi connectivity index (χ2v) is 2.99. The molecule has 0 aromatic carbocycles. The quantitative estimate of drug-likeness (QED) is 0.649. The SMILES string of the molecule is CCC[C@@H](O)[C@@H](CC)C(=O)NC. The molecule has 0 fully saturated rings. The maximum absolute atomic E-state index is 11.2. The van der Waals surface area contributed by atoms with Gasteiger partial charge in [-0.3, -0.25) is 4.79 Å². The van der Waals surface area contributed by atoms with E-state index in [9.17, 15) is 9.90 Å². The molecule has 0 aliphatic carbocycles. The largest absolute Gasteiger partial charge is 0.392 e. The number of carbonyl (C=O) groups is 1. The molecule has 0 rings (SSSR count). The predicted octanol–water partition coefficient (Wildman–Crippen LogP) is 0.920. The van der Waals surface area contributed by atoms with Gasteiger partial charge in [0.1, 0.15) is 0 Å². The number of carbonyl (C=O) groups excluding carboxylic acids is 1. The number of aliphatic hydroxyl groups excluding tert-OH is 1. The number of hydrogen-bond acceptors (Lipinski definition) is 2. The third-order valence-corrected chi connectivity index (χ3v) is 2.07. The molecule has 1 amide bonds. The molecule has 0 saturated heterocycles. The summed E-state index contributed by atoms with van der Waals surface area (Å²) in [6.45, 7) is 3.92. The van der Waals surface area contributed by atoms with E-state index >= 15 is 0 Å². The van der Waals surface area contributed by atoms with Gasteiger partial charge in [-0.1, -0.05) is 20.3 Å². The van der Waals surface area contributed by atoms with Crippen molar-refractivity contribution >= 4 is 5.91 Å². The number of amides is 1. The van der Waals surface area contributed by atoms with Crippen molar-refractivity contribution < 1.29 is 9.90 Å². The zero-order chi connectivity index (χ0) is 9.56. The Balaban J connectivity index is 4.03. The average Bonchev–Trinajstić information content (AvgIpc) is 2.06. The maximum atomic E-state index is 11.2. The molecule has 72 valence electrons. The molecule has 2 atom stereocenters. The van der Waals surface area contributed by atoms with Crippen LogP contribution in [0, 0.1) is 5.92 Å². The minimum absolute atomic E-state index is 0.0570. The van der Waals surface area contributed by atoms with Crippen LogP contribution in [-0.2, 0) is 4.79 Å². The topological polar surface area (TPSA) is 49.3 Å². The zero-order valence-electron chi connectivity index (χ0n) is 8.13. The van der Waals surface area contributed by atoms with Crippen molar-refractivity contribution in [1.82, 2.24) is 5.32 Å². The van der Waals surface area contributed by atoms with E-state index in [1.165, 1.54) is 0 Å². The minimum atomic E-state index is -0.486. The summed E-state index contributed by atoms with van der Waals surface area (Å²) in [5.74, 6) is -0.298. The highest BCUT2D eigenvalue weighted by Crippen LogP contribution is 2.13. The first-order valence-corrected chi connectivity index (χ1v) is 4.57. The third kappa shape index (κ3) is 3.22. The molecule has 0 radical (unpaired) electrons. The normalized spacial score (nSPS) is 15.3. The smallest absolute Gasteiger partial charge is 0.225 e. The molecule has 0 heterocycles. The van der Waals surface area contributed by atoms with Crippen LogP contribution < -0.4 is 5.32 Å². The molecule has 2 N–H and O–H groups in total. The first-order valence-electron chi connectivity index (χ1n) is 4.57. The minimum Gasteiger partial charge on any atom is -0.392 e. The molecule has 0 bridgehead atoms. The van der Waals surface area contributed by atoms with Crippen molar-refractivity contribution in [1.29, 1.82) is 0 Å². The Morgan fingerprint density at radius 1 is 1.50 bits per heavy atom. The predicted molar refractivity (Wildman–Crippen MR) is 48.8 cm³/mol. The summed E-state index contributed by atoms with van der Waals surface area (Å²) in [6.07, 6.45) is 1.82. The molecular weight excluding hydrogens is 154 g/mol. The lowest BCUT2D eigenvalue weighted by atomic mass is 9.95. The second kappa shape index (κ2) is 6.00. The lowest BCUT2D eigenvalue weighted by molar-refractivity contribution is -0.128. The lowest BCUT2D eigenvalue weighted by Gasteiger charge is -2.19. The van der Waals surface area contributed by atoms with Crippen LogP contribution in [-0.4, -0.2) is 24.2 Å². The first kappa shape index (κ1) is 11.4. The van der Waals surface area contributed by atoms with E-state index in [1.807, 2.05) is 13.8 Å². The summed E-state index contributed by atoms with van der Waals surface area (Å²) in [5.41, 5.74) is 0. The molecular formula is C9H19NO2. The van der Waals surface area contributed by atoms with Crippen molar-refractivity contribution in [2.45, 2.75) is 39.2 Å². The fraction of sp³-hybridized carbons (Fsp3) is 0.889. The molecule has 0 aromatic heterocycles. The maximum Gasteiger partial charge on any atom is 0.225 e. The van der Waals surface area contributed by atoms with Gasteiger partial charge in [0.05, 0.1) is 12.0 Å². The summed E-state index contributed by atoms with van der Waals surface area (Å²) in [6, 6.07) is 0. The first-order chi connectivity index (χ1) is 5.67. The monoisotopic (exact) mass is 173 g/mol. The van der Waals surface area contributed by atoms with E-state index in [0.717, 1.165) is 6.42 Å².